The fourth-order valence-electron chi connectivity index (χ4n) is 3.84. The molecule has 2 aromatic rings. The molecule has 29 heavy (non-hydrogen) atoms. The van der Waals surface area contributed by atoms with E-state index in [0.717, 1.165) is 29.8 Å². The first-order valence-electron chi connectivity index (χ1n) is 9.92. The van der Waals surface area contributed by atoms with Crippen LogP contribution in [0.3, 0.4) is 0 Å². The number of hydrogen-bond donors (Lipinski definition) is 1. The number of carbonyl (C=O) groups is 2. The predicted molar refractivity (Wildman–Crippen MR) is 112 cm³/mol. The lowest BCUT2D eigenvalue weighted by molar-refractivity contribution is -0.126. The van der Waals surface area contributed by atoms with Gasteiger partial charge >= 0.3 is 6.03 Å². The minimum Gasteiger partial charge on any atom is -0.490 e. The van der Waals surface area contributed by atoms with Crippen molar-refractivity contribution in [2.45, 2.75) is 19.4 Å². The fourth-order valence-corrected chi connectivity index (χ4v) is 3.97. The van der Waals surface area contributed by atoms with Gasteiger partial charge in [0.2, 0.25) is 5.91 Å². The average Bonchev–Trinajstić information content (AvgIpc) is 2.77. The van der Waals surface area contributed by atoms with E-state index in [9.17, 15) is 9.59 Å². The van der Waals surface area contributed by atoms with Crippen LogP contribution in [-0.2, 0) is 11.3 Å². The van der Waals surface area contributed by atoms with Crippen molar-refractivity contribution in [3.05, 3.63) is 59.1 Å². The van der Waals surface area contributed by atoms with Gasteiger partial charge in [-0.3, -0.25) is 9.69 Å². The van der Waals surface area contributed by atoms with Gasteiger partial charge in [0.25, 0.3) is 0 Å². The van der Waals surface area contributed by atoms with Crippen LogP contribution in [0.5, 0.6) is 5.75 Å². The Kier molecular flexibility index (Phi) is 5.90. The summed E-state index contributed by atoms with van der Waals surface area (Å²) in [6, 6.07) is 14.9. The maximum Gasteiger partial charge on any atom is 0.324 e. The Morgan fingerprint density at radius 3 is 2.72 bits per heavy atom. The summed E-state index contributed by atoms with van der Waals surface area (Å²) in [5.74, 6) is 0.512. The number of fused-ring (bicyclic) bond motifs is 1. The van der Waals surface area contributed by atoms with Crippen molar-refractivity contribution in [3.63, 3.8) is 0 Å². The first-order chi connectivity index (χ1) is 14.1. The molecule has 0 unspecified atom stereocenters. The van der Waals surface area contributed by atoms with E-state index in [0.29, 0.717) is 37.8 Å². The maximum atomic E-state index is 13.1. The van der Waals surface area contributed by atoms with Crippen LogP contribution in [0.15, 0.2) is 48.5 Å². The fraction of sp³-hybridized carbons (Fsp3) is 0.364. The second kappa shape index (κ2) is 8.74. The molecule has 2 aliphatic heterocycles. The van der Waals surface area contributed by atoms with Crippen molar-refractivity contribution < 1.29 is 14.3 Å². The number of nitrogens with zero attached hydrogens (tertiary/aromatic N) is 2. The molecule has 0 radical (unpaired) electrons. The zero-order chi connectivity index (χ0) is 20.2. The highest BCUT2D eigenvalue weighted by Gasteiger charge is 2.33. The van der Waals surface area contributed by atoms with Crippen LogP contribution in [0.4, 0.5) is 10.5 Å². The number of nitrogens with one attached hydrogen (secondary N) is 1. The van der Waals surface area contributed by atoms with E-state index in [2.05, 4.69) is 5.32 Å². The standard InChI is InChI=1S/C22H24ClN3O3/c23-18-9-7-16(8-10-18)14-24-21(27)17-4-3-11-25(15-17)22(28)26-12-13-29-20-6-2-1-5-19(20)26/h1-2,5-10,17H,3-4,11-15H2,(H,24,27)/t17-/m0/s1. The lowest BCUT2D eigenvalue weighted by atomic mass is 9.97. The lowest BCUT2D eigenvalue weighted by Crippen LogP contribution is -2.52. The molecule has 7 heteroatoms. The molecule has 0 spiro atoms. The third-order valence-corrected chi connectivity index (χ3v) is 5.65. The topological polar surface area (TPSA) is 61.9 Å². The lowest BCUT2D eigenvalue weighted by Gasteiger charge is -2.37. The van der Waals surface area contributed by atoms with E-state index in [1.807, 2.05) is 48.5 Å². The summed E-state index contributed by atoms with van der Waals surface area (Å²) in [6.07, 6.45) is 1.60. The van der Waals surface area contributed by atoms with Gasteiger partial charge in [-0.15, -0.1) is 0 Å². The highest BCUT2D eigenvalue weighted by atomic mass is 35.5. The summed E-state index contributed by atoms with van der Waals surface area (Å²) in [5, 5.41) is 3.66. The molecule has 2 aromatic carbocycles. The van der Waals surface area contributed by atoms with Gasteiger partial charge in [0.05, 0.1) is 18.2 Å². The molecule has 0 saturated carbocycles. The summed E-state index contributed by atoms with van der Waals surface area (Å²) in [5.41, 5.74) is 1.79. The van der Waals surface area contributed by atoms with Crippen molar-refractivity contribution >= 4 is 29.2 Å². The Hall–Kier alpha value is -2.73. The van der Waals surface area contributed by atoms with E-state index < -0.39 is 0 Å². The summed E-state index contributed by atoms with van der Waals surface area (Å²) in [6.45, 7) is 2.54. The minimum absolute atomic E-state index is 0.0140. The van der Waals surface area contributed by atoms with Gasteiger partial charge in [-0.2, -0.15) is 0 Å². The van der Waals surface area contributed by atoms with Crippen molar-refractivity contribution in [2.75, 3.05) is 31.1 Å². The smallest absolute Gasteiger partial charge is 0.324 e. The van der Waals surface area contributed by atoms with Gasteiger partial charge in [0.15, 0.2) is 0 Å². The van der Waals surface area contributed by atoms with Gasteiger partial charge < -0.3 is 15.0 Å². The van der Waals surface area contributed by atoms with E-state index in [1.165, 1.54) is 0 Å². The Morgan fingerprint density at radius 2 is 1.90 bits per heavy atom. The van der Waals surface area contributed by atoms with Gasteiger partial charge in [-0.25, -0.2) is 4.79 Å². The second-order valence-electron chi connectivity index (χ2n) is 7.38. The molecule has 3 amide bonds. The number of anilines is 1. The van der Waals surface area contributed by atoms with Crippen LogP contribution in [0, 0.1) is 5.92 Å². The molecule has 2 heterocycles. The second-order valence-corrected chi connectivity index (χ2v) is 7.82. The largest absolute Gasteiger partial charge is 0.490 e. The molecule has 2 aliphatic rings. The van der Waals surface area contributed by atoms with Crippen LogP contribution in [0.2, 0.25) is 5.02 Å². The van der Waals surface area contributed by atoms with Gasteiger partial charge in [-0.05, 0) is 42.7 Å². The first-order valence-corrected chi connectivity index (χ1v) is 10.3. The summed E-state index contributed by atoms with van der Waals surface area (Å²) in [4.78, 5) is 29.4. The van der Waals surface area contributed by atoms with Crippen LogP contribution in [-0.4, -0.2) is 43.1 Å². The van der Waals surface area contributed by atoms with Crippen molar-refractivity contribution in [2.24, 2.45) is 5.92 Å². The van der Waals surface area contributed by atoms with Gasteiger partial charge in [0, 0.05) is 24.7 Å². The average molecular weight is 414 g/mol. The van der Waals surface area contributed by atoms with Crippen LogP contribution in [0.1, 0.15) is 18.4 Å². The molecule has 1 saturated heterocycles. The van der Waals surface area contributed by atoms with Gasteiger partial charge in [-0.1, -0.05) is 35.9 Å². The summed E-state index contributed by atoms with van der Waals surface area (Å²) >= 11 is 5.90. The van der Waals surface area contributed by atoms with Crippen LogP contribution >= 0.6 is 11.6 Å². The number of halogens is 1. The third kappa shape index (κ3) is 4.48. The Morgan fingerprint density at radius 1 is 1.10 bits per heavy atom. The Bertz CT molecular complexity index is 887. The molecular formula is C22H24ClN3O3. The number of para-hydroxylation sites is 2. The Balaban J connectivity index is 1.37. The molecule has 4 rings (SSSR count). The maximum absolute atomic E-state index is 13.1. The number of piperidine rings is 1. The van der Waals surface area contributed by atoms with E-state index >= 15 is 0 Å². The first kappa shape index (κ1) is 19.6. The molecule has 152 valence electrons. The number of likely N-dealkylation sites (tertiary alicyclic amines) is 1. The Labute approximate surface area is 175 Å². The molecular weight excluding hydrogens is 390 g/mol. The van der Waals surface area contributed by atoms with E-state index in [-0.39, 0.29) is 17.9 Å². The number of hydrogen-bond acceptors (Lipinski definition) is 3. The SMILES string of the molecule is O=C(NCc1ccc(Cl)cc1)[C@H]1CCCN(C(=O)N2CCOc3ccccc32)C1. The van der Waals surface area contributed by atoms with E-state index in [1.54, 1.807) is 9.80 Å². The number of amides is 3. The molecule has 6 nitrogen and oxygen atoms in total. The van der Waals surface area contributed by atoms with Crippen LogP contribution < -0.4 is 15.0 Å². The van der Waals surface area contributed by atoms with Crippen LogP contribution in [0.25, 0.3) is 0 Å². The zero-order valence-electron chi connectivity index (χ0n) is 16.1. The summed E-state index contributed by atoms with van der Waals surface area (Å²) in [7, 11) is 0. The predicted octanol–water partition coefficient (Wildman–Crippen LogP) is 3.69. The van der Waals surface area contributed by atoms with Crippen molar-refractivity contribution in [1.82, 2.24) is 10.2 Å². The molecule has 1 fully saturated rings. The number of benzene rings is 2. The third-order valence-electron chi connectivity index (χ3n) is 5.40. The summed E-state index contributed by atoms with van der Waals surface area (Å²) < 4.78 is 5.65. The number of ether oxygens (including phenoxy) is 1. The highest BCUT2D eigenvalue weighted by Crippen LogP contribution is 2.32. The quantitative estimate of drug-likeness (QED) is 0.834. The number of rotatable bonds is 3. The molecule has 1 atom stereocenters. The molecule has 1 N–H and O–H groups in total. The van der Waals surface area contributed by atoms with E-state index in [4.69, 9.17) is 16.3 Å². The molecule has 0 aliphatic carbocycles. The van der Waals surface area contributed by atoms with Crippen molar-refractivity contribution in [1.29, 1.82) is 0 Å². The molecule has 0 bridgehead atoms. The number of carbonyl (C=O) groups excluding carboxylic acids is 2. The number of urea groups is 1. The monoisotopic (exact) mass is 413 g/mol. The molecule has 0 aromatic heterocycles. The zero-order valence-corrected chi connectivity index (χ0v) is 16.9. The van der Waals surface area contributed by atoms with Gasteiger partial charge in [0.1, 0.15) is 12.4 Å². The van der Waals surface area contributed by atoms with Crippen molar-refractivity contribution in [3.8, 4) is 5.75 Å². The highest BCUT2D eigenvalue weighted by molar-refractivity contribution is 6.30. The minimum atomic E-state index is -0.198. The normalized spacial score (nSPS) is 18.6.